The summed E-state index contributed by atoms with van der Waals surface area (Å²) < 4.78 is 50.3. The minimum atomic E-state index is -4.67. The number of aliphatic hydroxyl groups is 1. The Balaban J connectivity index is 2.35. The molecule has 0 fully saturated rings. The first-order valence-electron chi connectivity index (χ1n) is 5.14. The molecular formula is C12H10F4O. The van der Waals surface area contributed by atoms with Gasteiger partial charge in [-0.3, -0.25) is 0 Å². The van der Waals surface area contributed by atoms with Gasteiger partial charge in [0.15, 0.2) is 0 Å². The van der Waals surface area contributed by atoms with Gasteiger partial charge in [-0.25, -0.2) is 4.39 Å². The molecule has 0 amide bonds. The fourth-order valence-corrected chi connectivity index (χ4v) is 1.89. The lowest BCUT2D eigenvalue weighted by atomic mass is 10.0. The van der Waals surface area contributed by atoms with Crippen molar-refractivity contribution < 1.29 is 22.7 Å². The topological polar surface area (TPSA) is 20.2 Å². The first-order valence-corrected chi connectivity index (χ1v) is 5.14. The van der Waals surface area contributed by atoms with Crippen molar-refractivity contribution in [3.63, 3.8) is 0 Å². The molecule has 0 bridgehead atoms. The number of hydrogen-bond acceptors (Lipinski definition) is 1. The van der Waals surface area contributed by atoms with E-state index in [-0.39, 0.29) is 0 Å². The van der Waals surface area contributed by atoms with E-state index in [0.717, 1.165) is 12.1 Å². The third-order valence-electron chi connectivity index (χ3n) is 2.75. The lowest BCUT2D eigenvalue weighted by Crippen LogP contribution is -2.08. The second-order valence-electron chi connectivity index (χ2n) is 3.99. The Hall–Kier alpha value is -1.36. The summed E-state index contributed by atoms with van der Waals surface area (Å²) in [6.07, 6.45) is -2.65. The van der Waals surface area contributed by atoms with Gasteiger partial charge in [0, 0.05) is 0 Å². The monoisotopic (exact) mass is 246 g/mol. The first kappa shape index (κ1) is 12.1. The molecule has 0 heterocycles. The Morgan fingerprint density at radius 3 is 2.41 bits per heavy atom. The molecule has 5 heteroatoms. The van der Waals surface area contributed by atoms with Crippen LogP contribution in [0.2, 0.25) is 0 Å². The van der Waals surface area contributed by atoms with Crippen LogP contribution in [0.15, 0.2) is 24.3 Å². The minimum absolute atomic E-state index is 0.395. The Morgan fingerprint density at radius 1 is 1.24 bits per heavy atom. The van der Waals surface area contributed by atoms with Crippen LogP contribution in [-0.4, -0.2) is 11.2 Å². The predicted octanol–water partition coefficient (Wildman–Crippen LogP) is 3.38. The van der Waals surface area contributed by atoms with E-state index in [1.54, 1.807) is 6.08 Å². The van der Waals surface area contributed by atoms with Crippen LogP contribution in [-0.2, 0) is 6.18 Å². The van der Waals surface area contributed by atoms with Gasteiger partial charge in [-0.1, -0.05) is 12.1 Å². The maximum atomic E-state index is 13.3. The zero-order valence-electron chi connectivity index (χ0n) is 8.76. The van der Waals surface area contributed by atoms with Crippen LogP contribution < -0.4 is 0 Å². The highest BCUT2D eigenvalue weighted by Gasteiger charge is 2.34. The van der Waals surface area contributed by atoms with Crippen molar-refractivity contribution in [2.45, 2.75) is 25.1 Å². The number of hydrogen-bond donors (Lipinski definition) is 1. The Labute approximate surface area is 95.4 Å². The minimum Gasteiger partial charge on any atom is -0.389 e. The van der Waals surface area contributed by atoms with E-state index >= 15 is 0 Å². The third-order valence-corrected chi connectivity index (χ3v) is 2.75. The highest BCUT2D eigenvalue weighted by atomic mass is 19.4. The van der Waals surface area contributed by atoms with Crippen LogP contribution in [0.5, 0.6) is 0 Å². The summed E-state index contributed by atoms with van der Waals surface area (Å²) in [4.78, 5) is 0. The average molecular weight is 246 g/mol. The maximum absolute atomic E-state index is 13.3. The molecule has 92 valence electrons. The van der Waals surface area contributed by atoms with Gasteiger partial charge in [0.2, 0.25) is 0 Å². The molecule has 0 aliphatic heterocycles. The van der Waals surface area contributed by atoms with Gasteiger partial charge in [-0.15, -0.1) is 0 Å². The van der Waals surface area contributed by atoms with Crippen molar-refractivity contribution in [3.8, 4) is 0 Å². The summed E-state index contributed by atoms with van der Waals surface area (Å²) in [7, 11) is 0. The van der Waals surface area contributed by atoms with Crippen molar-refractivity contribution in [2.24, 2.45) is 0 Å². The molecule has 1 aliphatic carbocycles. The van der Waals surface area contributed by atoms with Crippen molar-refractivity contribution in [1.82, 2.24) is 0 Å². The van der Waals surface area contributed by atoms with E-state index in [4.69, 9.17) is 0 Å². The second-order valence-corrected chi connectivity index (χ2v) is 3.99. The molecule has 0 aromatic heterocycles. The molecule has 0 spiro atoms. The quantitative estimate of drug-likeness (QED) is 0.753. The van der Waals surface area contributed by atoms with Gasteiger partial charge >= 0.3 is 6.18 Å². The summed E-state index contributed by atoms with van der Waals surface area (Å²) >= 11 is 0. The van der Waals surface area contributed by atoms with Crippen LogP contribution >= 0.6 is 0 Å². The van der Waals surface area contributed by atoms with Crippen molar-refractivity contribution in [1.29, 1.82) is 0 Å². The molecule has 17 heavy (non-hydrogen) atoms. The van der Waals surface area contributed by atoms with Gasteiger partial charge in [0.05, 0.1) is 11.7 Å². The van der Waals surface area contributed by atoms with Crippen molar-refractivity contribution >= 4 is 5.57 Å². The van der Waals surface area contributed by atoms with E-state index in [1.165, 1.54) is 6.07 Å². The molecule has 1 N–H and O–H groups in total. The second kappa shape index (κ2) is 4.14. The van der Waals surface area contributed by atoms with Gasteiger partial charge in [0.1, 0.15) is 5.82 Å². The van der Waals surface area contributed by atoms with E-state index in [9.17, 15) is 22.7 Å². The number of aliphatic hydroxyl groups excluding tert-OH is 1. The summed E-state index contributed by atoms with van der Waals surface area (Å²) in [6.45, 7) is 0. The molecule has 1 aromatic carbocycles. The molecule has 1 aliphatic rings. The van der Waals surface area contributed by atoms with Crippen LogP contribution in [0.25, 0.3) is 5.57 Å². The molecule has 1 unspecified atom stereocenters. The third kappa shape index (κ3) is 2.49. The van der Waals surface area contributed by atoms with Crippen LogP contribution in [0.4, 0.5) is 17.6 Å². The molecule has 1 nitrogen and oxygen atoms in total. The summed E-state index contributed by atoms with van der Waals surface area (Å²) in [5.74, 6) is -1.28. The van der Waals surface area contributed by atoms with Crippen molar-refractivity contribution in [3.05, 3.63) is 41.2 Å². The smallest absolute Gasteiger partial charge is 0.389 e. The SMILES string of the molecule is OC1C=C(c2ccc(C(F)(F)F)c(F)c2)CC1. The summed E-state index contributed by atoms with van der Waals surface area (Å²) in [5, 5.41) is 9.26. The lowest BCUT2D eigenvalue weighted by molar-refractivity contribution is -0.140. The Kier molecular flexibility index (Phi) is 2.95. The molecular weight excluding hydrogens is 236 g/mol. The van der Waals surface area contributed by atoms with E-state index in [0.29, 0.717) is 24.0 Å². The van der Waals surface area contributed by atoms with E-state index < -0.39 is 23.7 Å². The molecule has 0 radical (unpaired) electrons. The number of allylic oxidation sites excluding steroid dienone is 1. The highest BCUT2D eigenvalue weighted by Crippen LogP contribution is 2.34. The normalized spacial score (nSPS) is 20.5. The largest absolute Gasteiger partial charge is 0.419 e. The molecule has 2 rings (SSSR count). The summed E-state index contributed by atoms with van der Waals surface area (Å²) in [6, 6.07) is 2.83. The molecule has 1 atom stereocenters. The zero-order chi connectivity index (χ0) is 12.6. The average Bonchev–Trinajstić information content (AvgIpc) is 2.62. The standard InChI is InChI=1S/C12H10F4O/c13-11-6-8(7-1-3-9(17)5-7)2-4-10(11)12(14,15)16/h2,4-6,9,17H,1,3H2. The van der Waals surface area contributed by atoms with Crippen molar-refractivity contribution in [2.75, 3.05) is 0 Å². The number of benzene rings is 1. The van der Waals surface area contributed by atoms with Crippen LogP contribution in [0, 0.1) is 5.82 Å². The van der Waals surface area contributed by atoms with Gasteiger partial charge < -0.3 is 5.11 Å². The van der Waals surface area contributed by atoms with Gasteiger partial charge in [0.25, 0.3) is 0 Å². The number of halogens is 4. The molecule has 0 saturated heterocycles. The fourth-order valence-electron chi connectivity index (χ4n) is 1.89. The molecule has 1 aromatic rings. The number of rotatable bonds is 1. The van der Waals surface area contributed by atoms with Gasteiger partial charge in [-0.2, -0.15) is 13.2 Å². The van der Waals surface area contributed by atoms with Gasteiger partial charge in [-0.05, 0) is 36.1 Å². The maximum Gasteiger partial charge on any atom is 0.419 e. The van der Waals surface area contributed by atoms with E-state index in [1.807, 2.05) is 0 Å². The van der Waals surface area contributed by atoms with Crippen LogP contribution in [0.1, 0.15) is 24.0 Å². The zero-order valence-corrected chi connectivity index (χ0v) is 8.76. The Morgan fingerprint density at radius 2 is 1.94 bits per heavy atom. The van der Waals surface area contributed by atoms with E-state index in [2.05, 4.69) is 0 Å². The summed E-state index contributed by atoms with van der Waals surface area (Å²) in [5.41, 5.74) is -0.183. The fraction of sp³-hybridized carbons (Fsp3) is 0.333. The molecule has 0 saturated carbocycles. The Bertz CT molecular complexity index is 462. The lowest BCUT2D eigenvalue weighted by Gasteiger charge is -2.09. The van der Waals surface area contributed by atoms with Crippen LogP contribution in [0.3, 0.4) is 0 Å². The first-order chi connectivity index (χ1) is 7.88. The highest BCUT2D eigenvalue weighted by molar-refractivity contribution is 5.68. The predicted molar refractivity (Wildman–Crippen MR) is 54.6 cm³/mol. The number of alkyl halides is 3.